The minimum atomic E-state index is 0.0640. The molecule has 2 heteroatoms. The summed E-state index contributed by atoms with van der Waals surface area (Å²) in [7, 11) is 0. The summed E-state index contributed by atoms with van der Waals surface area (Å²) in [6.45, 7) is 15.0. The van der Waals surface area contributed by atoms with E-state index >= 15 is 0 Å². The van der Waals surface area contributed by atoms with E-state index in [0.717, 1.165) is 54.8 Å². The number of carbonyl (C=O) groups excluding carboxylic acids is 1. The highest BCUT2D eigenvalue weighted by Crippen LogP contribution is 2.67. The van der Waals surface area contributed by atoms with Gasteiger partial charge in [-0.3, -0.25) is 4.79 Å². The van der Waals surface area contributed by atoms with Crippen LogP contribution in [0.25, 0.3) is 0 Å². The number of hydrogen-bond acceptors (Lipinski definition) is 2. The van der Waals surface area contributed by atoms with Crippen LogP contribution in [0.5, 0.6) is 0 Å². The molecule has 0 bridgehead atoms. The average molecular weight is 735 g/mol. The summed E-state index contributed by atoms with van der Waals surface area (Å²) in [6.07, 6.45) is 48.3. The molecule has 0 radical (unpaired) electrons. The highest BCUT2D eigenvalue weighted by atomic mass is 16.5. The van der Waals surface area contributed by atoms with E-state index in [9.17, 15) is 4.79 Å². The summed E-state index contributed by atoms with van der Waals surface area (Å²) in [5.74, 6) is 5.33. The van der Waals surface area contributed by atoms with Crippen LogP contribution >= 0.6 is 0 Å². The predicted molar refractivity (Wildman–Crippen MR) is 230 cm³/mol. The highest BCUT2D eigenvalue weighted by molar-refractivity contribution is 5.69. The first-order valence-corrected chi connectivity index (χ1v) is 24.2. The molecular formula is C51H90O2. The summed E-state index contributed by atoms with van der Waals surface area (Å²) in [5.41, 5.74) is 2.53. The maximum Gasteiger partial charge on any atom is 0.306 e. The molecule has 53 heavy (non-hydrogen) atoms. The van der Waals surface area contributed by atoms with Gasteiger partial charge in [0.25, 0.3) is 0 Å². The van der Waals surface area contributed by atoms with Gasteiger partial charge >= 0.3 is 5.97 Å². The molecular weight excluding hydrogens is 645 g/mol. The summed E-state index contributed by atoms with van der Waals surface area (Å²) in [4.78, 5) is 12.9. The smallest absolute Gasteiger partial charge is 0.306 e. The fraction of sp³-hybridized carbons (Fsp3) is 0.902. The Balaban J connectivity index is 1.01. The Bertz CT molecular complexity index is 1070. The van der Waals surface area contributed by atoms with Crippen molar-refractivity contribution in [2.75, 3.05) is 0 Å². The van der Waals surface area contributed by atoms with E-state index in [4.69, 9.17) is 4.74 Å². The number of rotatable bonds is 27. The summed E-state index contributed by atoms with van der Waals surface area (Å²) < 4.78 is 6.15. The van der Waals surface area contributed by atoms with Crippen molar-refractivity contribution >= 4 is 5.97 Å². The Labute approximate surface area is 331 Å². The molecule has 0 spiro atoms. The van der Waals surface area contributed by atoms with E-state index in [1.165, 1.54) is 173 Å². The number of hydrogen-bond donors (Lipinski definition) is 0. The monoisotopic (exact) mass is 735 g/mol. The topological polar surface area (TPSA) is 26.3 Å². The van der Waals surface area contributed by atoms with Gasteiger partial charge in [-0.05, 0) is 123 Å². The second-order valence-electron chi connectivity index (χ2n) is 20.1. The molecule has 0 aromatic heterocycles. The van der Waals surface area contributed by atoms with Crippen LogP contribution in [0.15, 0.2) is 23.8 Å². The van der Waals surface area contributed by atoms with Crippen molar-refractivity contribution < 1.29 is 9.53 Å². The third-order valence-electron chi connectivity index (χ3n) is 15.7. The van der Waals surface area contributed by atoms with Gasteiger partial charge in [-0.1, -0.05) is 174 Å². The molecule has 2 unspecified atom stereocenters. The third-order valence-corrected chi connectivity index (χ3v) is 15.7. The average Bonchev–Trinajstić information content (AvgIpc) is 3.49. The maximum atomic E-state index is 12.9. The van der Waals surface area contributed by atoms with Gasteiger partial charge in [-0.15, -0.1) is 0 Å². The van der Waals surface area contributed by atoms with E-state index in [1.807, 2.05) is 0 Å². The first kappa shape index (κ1) is 44.7. The molecule has 0 amide bonds. The Hall–Kier alpha value is -1.05. The van der Waals surface area contributed by atoms with Crippen molar-refractivity contribution in [1.82, 2.24) is 0 Å². The number of unbranched alkanes of at least 4 members (excludes halogenated alkanes) is 17. The molecule has 8 atom stereocenters. The lowest BCUT2D eigenvalue weighted by Gasteiger charge is -2.58. The minimum absolute atomic E-state index is 0.0640. The van der Waals surface area contributed by atoms with Crippen molar-refractivity contribution in [2.45, 2.75) is 247 Å². The van der Waals surface area contributed by atoms with Crippen molar-refractivity contribution in [1.29, 1.82) is 0 Å². The molecule has 0 aromatic rings. The number of fused-ring (bicyclic) bond motifs is 5. The summed E-state index contributed by atoms with van der Waals surface area (Å²) in [5, 5.41) is 0. The zero-order valence-corrected chi connectivity index (χ0v) is 36.5. The second-order valence-corrected chi connectivity index (χ2v) is 20.1. The van der Waals surface area contributed by atoms with Crippen molar-refractivity contribution in [3.63, 3.8) is 0 Å². The zero-order valence-electron chi connectivity index (χ0n) is 36.5. The van der Waals surface area contributed by atoms with Crippen molar-refractivity contribution in [2.24, 2.45) is 46.3 Å². The molecule has 4 aliphatic rings. The van der Waals surface area contributed by atoms with E-state index < -0.39 is 0 Å². The predicted octanol–water partition coefficient (Wildman–Crippen LogP) is 16.3. The van der Waals surface area contributed by atoms with Crippen LogP contribution in [0.4, 0.5) is 0 Å². The highest BCUT2D eigenvalue weighted by Gasteiger charge is 2.59. The van der Waals surface area contributed by atoms with Crippen LogP contribution in [0.3, 0.4) is 0 Å². The fourth-order valence-electron chi connectivity index (χ4n) is 12.4. The lowest BCUT2D eigenvalue weighted by Crippen LogP contribution is -2.51. The minimum Gasteiger partial charge on any atom is -0.462 e. The van der Waals surface area contributed by atoms with Gasteiger partial charge in [-0.2, -0.15) is 0 Å². The standard InChI is InChI=1S/C51H90O2/c1-7-8-9-10-11-12-13-14-15-16-17-18-19-20-21-22-23-24-25-26-27-31-49(52)53-44-36-38-50(5)43(40-44)32-33-45-47-35-34-46(42(4)30-28-29-41(2)3)51(47,6)39-37-48(45)50/h14-15,32,41-42,44-48H,7-13,16-31,33-40H2,1-6H3/b15-14-/t42-,44+,45+,46-,47?,48?,50+,51-/m1/s1. The maximum absolute atomic E-state index is 12.9. The van der Waals surface area contributed by atoms with Gasteiger partial charge in [0.05, 0.1) is 0 Å². The zero-order chi connectivity index (χ0) is 37.9. The normalized spacial score (nSPS) is 30.2. The second kappa shape index (κ2) is 23.9. The Morgan fingerprint density at radius 2 is 1.32 bits per heavy atom. The van der Waals surface area contributed by atoms with E-state index in [1.54, 1.807) is 5.57 Å². The van der Waals surface area contributed by atoms with Crippen molar-refractivity contribution in [3.8, 4) is 0 Å². The van der Waals surface area contributed by atoms with Crippen LogP contribution < -0.4 is 0 Å². The molecule has 4 aliphatic carbocycles. The number of ether oxygens (including phenoxy) is 1. The molecule has 3 fully saturated rings. The lowest BCUT2D eigenvalue weighted by atomic mass is 9.47. The largest absolute Gasteiger partial charge is 0.462 e. The van der Waals surface area contributed by atoms with Crippen LogP contribution in [0.1, 0.15) is 241 Å². The quantitative estimate of drug-likeness (QED) is 0.0477. The lowest BCUT2D eigenvalue weighted by molar-refractivity contribution is -0.151. The molecule has 0 N–H and O–H groups in total. The summed E-state index contributed by atoms with van der Waals surface area (Å²) >= 11 is 0. The van der Waals surface area contributed by atoms with Gasteiger partial charge < -0.3 is 4.74 Å². The van der Waals surface area contributed by atoms with Gasteiger partial charge in [-0.25, -0.2) is 0 Å². The molecule has 0 heterocycles. The van der Waals surface area contributed by atoms with Gasteiger partial charge in [0, 0.05) is 12.8 Å². The van der Waals surface area contributed by atoms with Gasteiger partial charge in [0.2, 0.25) is 0 Å². The Morgan fingerprint density at radius 1 is 0.717 bits per heavy atom. The van der Waals surface area contributed by atoms with E-state index in [0.29, 0.717) is 17.3 Å². The Morgan fingerprint density at radius 3 is 1.94 bits per heavy atom. The van der Waals surface area contributed by atoms with Crippen LogP contribution in [0.2, 0.25) is 0 Å². The molecule has 4 rings (SSSR count). The number of allylic oxidation sites excluding steroid dienone is 3. The molecule has 0 aromatic carbocycles. The van der Waals surface area contributed by atoms with E-state index in [2.05, 4.69) is 59.8 Å². The SMILES string of the molecule is CCCCCCCC/C=C\CCCCCCCCCCCCCC(=O)O[C@H]1CC[C@@]2(C)C(=CC[C@@H]3C2CC[C@@]2(C)C3CC[C@@H]2[C@H](C)CCCC(C)C)C1. The first-order valence-electron chi connectivity index (χ1n) is 24.2. The van der Waals surface area contributed by atoms with E-state index in [-0.39, 0.29) is 12.1 Å². The third kappa shape index (κ3) is 13.8. The fourth-order valence-corrected chi connectivity index (χ4v) is 12.4. The molecule has 3 saturated carbocycles. The Kier molecular flexibility index (Phi) is 20.1. The van der Waals surface area contributed by atoms with Gasteiger partial charge in [0.15, 0.2) is 0 Å². The van der Waals surface area contributed by atoms with Crippen molar-refractivity contribution in [3.05, 3.63) is 23.8 Å². The number of carbonyl (C=O) groups is 1. The molecule has 0 aliphatic heterocycles. The van der Waals surface area contributed by atoms with Crippen LogP contribution in [0, 0.1) is 46.3 Å². The molecule has 0 saturated heterocycles. The molecule has 306 valence electrons. The molecule has 2 nitrogen and oxygen atoms in total. The summed E-state index contributed by atoms with van der Waals surface area (Å²) in [6, 6.07) is 0. The number of esters is 1. The van der Waals surface area contributed by atoms with Crippen LogP contribution in [-0.4, -0.2) is 12.1 Å². The van der Waals surface area contributed by atoms with Crippen LogP contribution in [-0.2, 0) is 9.53 Å². The van der Waals surface area contributed by atoms with Gasteiger partial charge in [0.1, 0.15) is 6.10 Å². The first-order chi connectivity index (χ1) is 25.7.